The lowest BCUT2D eigenvalue weighted by atomic mass is 9.73. The topological polar surface area (TPSA) is 65.1 Å². The van der Waals surface area contributed by atoms with Crippen LogP contribution in [0, 0.1) is 5.41 Å². The largest absolute Gasteiger partial charge is 0.497 e. The first-order valence-electron chi connectivity index (χ1n) is 14.5. The lowest BCUT2D eigenvalue weighted by molar-refractivity contribution is -0.130. The van der Waals surface area contributed by atoms with Gasteiger partial charge in [0.1, 0.15) is 5.75 Å². The summed E-state index contributed by atoms with van der Waals surface area (Å²) in [6.07, 6.45) is 1.20. The maximum absolute atomic E-state index is 14.0. The van der Waals surface area contributed by atoms with Crippen LogP contribution in [-0.2, 0) is 9.59 Å². The van der Waals surface area contributed by atoms with Gasteiger partial charge in [-0.3, -0.25) is 9.59 Å². The van der Waals surface area contributed by atoms with Crippen molar-refractivity contribution in [2.24, 2.45) is 5.41 Å². The summed E-state index contributed by atoms with van der Waals surface area (Å²) in [6.45, 7) is 7.16. The van der Waals surface area contributed by atoms with E-state index in [-0.39, 0.29) is 23.7 Å². The van der Waals surface area contributed by atoms with Crippen LogP contribution in [0.2, 0.25) is 5.02 Å². The highest BCUT2D eigenvalue weighted by atomic mass is 35.5. The van der Waals surface area contributed by atoms with E-state index in [9.17, 15) is 9.59 Å². The summed E-state index contributed by atoms with van der Waals surface area (Å²) >= 11 is 6.08. The molecule has 1 unspecified atom stereocenters. The molecule has 0 aromatic heterocycles. The van der Waals surface area contributed by atoms with Crippen molar-refractivity contribution in [3.05, 3.63) is 94.7 Å². The fraction of sp³-hybridized carbons (Fsp3) is 0.353. The second kappa shape index (κ2) is 11.4. The standard InChI is InChI=1S/C34H37ClN4O3/c1-34(2)20-28-32(30(40)21-34)33(23-7-6-8-26(19-23)42-3)39(29-10-5-4-9-27(29)36-28)22-31(41)38-17-15-37(16-18-38)25-13-11-24(35)12-14-25/h4-14,19,33,36H,15-18,20-22H2,1-3H3. The summed E-state index contributed by atoms with van der Waals surface area (Å²) in [4.78, 5) is 34.3. The second-order valence-electron chi connectivity index (χ2n) is 12.1. The zero-order chi connectivity index (χ0) is 29.4. The molecule has 3 aliphatic rings. The highest BCUT2D eigenvalue weighted by molar-refractivity contribution is 6.30. The Bertz CT molecular complexity index is 1530. The van der Waals surface area contributed by atoms with Crippen molar-refractivity contribution in [2.75, 3.05) is 55.0 Å². The third-order valence-electron chi connectivity index (χ3n) is 8.54. The Kier molecular flexibility index (Phi) is 7.62. The Morgan fingerprint density at radius 2 is 1.71 bits per heavy atom. The molecule has 1 atom stereocenters. The Balaban J connectivity index is 1.35. The molecule has 1 amide bonds. The maximum atomic E-state index is 14.0. The number of piperazine rings is 1. The second-order valence-corrected chi connectivity index (χ2v) is 12.6. The number of nitrogens with one attached hydrogen (secondary N) is 1. The van der Waals surface area contributed by atoms with E-state index in [1.165, 1.54) is 0 Å². The summed E-state index contributed by atoms with van der Waals surface area (Å²) in [6, 6.07) is 23.3. The molecule has 1 aliphatic carbocycles. The van der Waals surface area contributed by atoms with Gasteiger partial charge in [-0.25, -0.2) is 0 Å². The molecule has 0 spiro atoms. The summed E-state index contributed by atoms with van der Waals surface area (Å²) < 4.78 is 5.58. The number of Topliss-reactive ketones (excluding diaryl/α,β-unsaturated/α-hetero) is 1. The van der Waals surface area contributed by atoms with E-state index in [0.717, 1.165) is 53.4 Å². The lowest BCUT2D eigenvalue weighted by Gasteiger charge is -2.40. The number of methoxy groups -OCH3 is 1. The van der Waals surface area contributed by atoms with E-state index < -0.39 is 6.04 Å². The molecule has 6 rings (SSSR count). The average molecular weight is 585 g/mol. The normalized spacial score (nSPS) is 20.0. The van der Waals surface area contributed by atoms with Crippen molar-refractivity contribution in [3.8, 4) is 5.75 Å². The number of ketones is 1. The molecule has 1 fully saturated rings. The zero-order valence-corrected chi connectivity index (χ0v) is 25.2. The number of anilines is 3. The molecule has 0 saturated carbocycles. The molecular formula is C34H37ClN4O3. The third-order valence-corrected chi connectivity index (χ3v) is 8.80. The quantitative estimate of drug-likeness (QED) is 0.379. The van der Waals surface area contributed by atoms with Gasteiger partial charge in [0, 0.05) is 54.6 Å². The molecule has 7 nitrogen and oxygen atoms in total. The number of ether oxygens (including phenoxy) is 1. The number of fused-ring (bicyclic) bond motifs is 1. The molecule has 42 heavy (non-hydrogen) atoms. The van der Waals surface area contributed by atoms with Crippen LogP contribution in [0.15, 0.2) is 84.1 Å². The van der Waals surface area contributed by atoms with Gasteiger partial charge in [0.05, 0.1) is 31.1 Å². The number of para-hydroxylation sites is 2. The van der Waals surface area contributed by atoms with Crippen LogP contribution >= 0.6 is 11.6 Å². The van der Waals surface area contributed by atoms with E-state index >= 15 is 0 Å². The minimum atomic E-state index is -0.436. The molecule has 2 heterocycles. The van der Waals surface area contributed by atoms with Crippen molar-refractivity contribution in [1.29, 1.82) is 0 Å². The number of rotatable bonds is 5. The summed E-state index contributed by atoms with van der Waals surface area (Å²) in [5, 5.41) is 4.34. The Morgan fingerprint density at radius 3 is 2.45 bits per heavy atom. The molecule has 2 aliphatic heterocycles. The van der Waals surface area contributed by atoms with Crippen molar-refractivity contribution >= 4 is 40.4 Å². The SMILES string of the molecule is COc1cccc(C2C3=C(CC(C)(C)CC3=O)Nc3ccccc3N2CC(=O)N2CCN(c3ccc(Cl)cc3)CC2)c1. The first kappa shape index (κ1) is 28.2. The summed E-state index contributed by atoms with van der Waals surface area (Å²) in [7, 11) is 1.65. The number of carbonyl (C=O) groups is 2. The molecule has 3 aromatic carbocycles. The van der Waals surface area contributed by atoms with Crippen LogP contribution in [0.25, 0.3) is 0 Å². The predicted molar refractivity (Wildman–Crippen MR) is 168 cm³/mol. The summed E-state index contributed by atoms with van der Waals surface area (Å²) in [5.41, 5.74) is 5.34. The fourth-order valence-electron chi connectivity index (χ4n) is 6.50. The van der Waals surface area contributed by atoms with E-state index in [1.54, 1.807) is 7.11 Å². The molecule has 0 radical (unpaired) electrons. The number of halogens is 1. The molecule has 8 heteroatoms. The Morgan fingerprint density at radius 1 is 0.976 bits per heavy atom. The van der Waals surface area contributed by atoms with Gasteiger partial charge in [0.25, 0.3) is 0 Å². The number of carbonyl (C=O) groups excluding carboxylic acids is 2. The molecule has 0 bridgehead atoms. The van der Waals surface area contributed by atoms with Crippen LogP contribution in [-0.4, -0.2) is 56.4 Å². The first-order chi connectivity index (χ1) is 20.2. The third kappa shape index (κ3) is 5.58. The van der Waals surface area contributed by atoms with Crippen LogP contribution in [0.4, 0.5) is 17.1 Å². The predicted octanol–water partition coefficient (Wildman–Crippen LogP) is 6.31. The van der Waals surface area contributed by atoms with Crippen LogP contribution in [0.5, 0.6) is 5.75 Å². The Hall–Kier alpha value is -3.97. The minimum absolute atomic E-state index is 0.0427. The monoisotopic (exact) mass is 584 g/mol. The molecule has 1 N–H and O–H groups in total. The van der Waals surface area contributed by atoms with E-state index in [1.807, 2.05) is 77.7 Å². The van der Waals surface area contributed by atoms with Gasteiger partial charge in [0.15, 0.2) is 5.78 Å². The van der Waals surface area contributed by atoms with Gasteiger partial charge in [-0.1, -0.05) is 49.7 Å². The molecule has 3 aromatic rings. The highest BCUT2D eigenvalue weighted by Gasteiger charge is 2.42. The van der Waals surface area contributed by atoms with E-state index in [2.05, 4.69) is 29.0 Å². The van der Waals surface area contributed by atoms with E-state index in [4.69, 9.17) is 16.3 Å². The number of hydrogen-bond acceptors (Lipinski definition) is 6. The zero-order valence-electron chi connectivity index (χ0n) is 24.4. The van der Waals surface area contributed by atoms with Gasteiger partial charge in [0.2, 0.25) is 5.91 Å². The van der Waals surface area contributed by atoms with Crippen molar-refractivity contribution in [1.82, 2.24) is 4.90 Å². The number of allylic oxidation sites excluding steroid dienone is 1. The van der Waals surface area contributed by atoms with Crippen LogP contribution in [0.1, 0.15) is 38.3 Å². The fourth-order valence-corrected chi connectivity index (χ4v) is 6.62. The number of nitrogens with zero attached hydrogens (tertiary/aromatic N) is 3. The number of benzene rings is 3. The highest BCUT2D eigenvalue weighted by Crippen LogP contribution is 2.48. The van der Waals surface area contributed by atoms with Crippen LogP contribution in [0.3, 0.4) is 0 Å². The summed E-state index contributed by atoms with van der Waals surface area (Å²) in [5.74, 6) is 0.873. The molecule has 218 valence electrons. The van der Waals surface area contributed by atoms with Gasteiger partial charge in [-0.05, 0) is 65.9 Å². The van der Waals surface area contributed by atoms with Crippen LogP contribution < -0.4 is 19.9 Å². The minimum Gasteiger partial charge on any atom is -0.497 e. The van der Waals surface area contributed by atoms with Gasteiger partial charge >= 0.3 is 0 Å². The van der Waals surface area contributed by atoms with Gasteiger partial charge in [-0.2, -0.15) is 0 Å². The average Bonchev–Trinajstić information content (AvgIpc) is 3.11. The lowest BCUT2D eigenvalue weighted by Crippen LogP contribution is -2.52. The van der Waals surface area contributed by atoms with Crippen molar-refractivity contribution < 1.29 is 14.3 Å². The van der Waals surface area contributed by atoms with E-state index in [0.29, 0.717) is 30.3 Å². The van der Waals surface area contributed by atoms with Gasteiger partial charge in [-0.15, -0.1) is 0 Å². The Labute approximate surface area is 252 Å². The molecule has 1 saturated heterocycles. The van der Waals surface area contributed by atoms with Crippen molar-refractivity contribution in [2.45, 2.75) is 32.7 Å². The first-order valence-corrected chi connectivity index (χ1v) is 14.9. The number of hydrogen-bond donors (Lipinski definition) is 1. The van der Waals surface area contributed by atoms with Crippen molar-refractivity contribution in [3.63, 3.8) is 0 Å². The molecular weight excluding hydrogens is 548 g/mol. The smallest absolute Gasteiger partial charge is 0.242 e. The van der Waals surface area contributed by atoms with Gasteiger partial charge < -0.3 is 24.8 Å². The number of amides is 1. The maximum Gasteiger partial charge on any atom is 0.242 e.